The van der Waals surface area contributed by atoms with Crippen molar-refractivity contribution in [3.05, 3.63) is 60.7 Å². The third-order valence-corrected chi connectivity index (χ3v) is 10.3. The third-order valence-electron chi connectivity index (χ3n) is 5.21. The fourth-order valence-corrected chi connectivity index (χ4v) is 8.69. The molecule has 3 rings (SSSR count). The summed E-state index contributed by atoms with van der Waals surface area (Å²) in [5.41, 5.74) is 0. The van der Waals surface area contributed by atoms with Crippen molar-refractivity contribution in [2.75, 3.05) is 0 Å². The van der Waals surface area contributed by atoms with E-state index in [4.69, 9.17) is 4.43 Å². The van der Waals surface area contributed by atoms with E-state index in [0.29, 0.717) is 12.8 Å². The monoisotopic (exact) mass is 356 g/mol. The van der Waals surface area contributed by atoms with Gasteiger partial charge in [0.15, 0.2) is 0 Å². The summed E-state index contributed by atoms with van der Waals surface area (Å²) in [5.74, 6) is 0. The van der Waals surface area contributed by atoms with Gasteiger partial charge in [-0.25, -0.2) is 0 Å². The summed E-state index contributed by atoms with van der Waals surface area (Å²) in [6, 6.07) is 20.9. The molecule has 0 radical (unpaired) electrons. The molecule has 2 aromatic rings. The van der Waals surface area contributed by atoms with Crippen molar-refractivity contribution < 1.29 is 14.6 Å². The minimum atomic E-state index is -2.60. The zero-order valence-corrected chi connectivity index (χ0v) is 16.2. The highest BCUT2D eigenvalue weighted by atomic mass is 28.4. The molecule has 4 heteroatoms. The quantitative estimate of drug-likeness (QED) is 0.828. The van der Waals surface area contributed by atoms with Crippen LogP contribution in [0.25, 0.3) is 0 Å². The Morgan fingerprint density at radius 3 is 1.56 bits per heavy atom. The second-order valence-corrected chi connectivity index (χ2v) is 12.3. The van der Waals surface area contributed by atoms with Gasteiger partial charge in [-0.1, -0.05) is 81.4 Å². The van der Waals surface area contributed by atoms with Gasteiger partial charge >= 0.3 is 0 Å². The topological polar surface area (TPSA) is 49.7 Å². The maximum absolute atomic E-state index is 9.99. The van der Waals surface area contributed by atoms with Crippen LogP contribution in [0, 0.1) is 0 Å². The SMILES string of the molecule is CC(C)(C)[Si](O[C@@H]1C[C@@H](O)[C@@H](O)C1)(c1ccccc1)c1ccccc1. The van der Waals surface area contributed by atoms with Crippen LogP contribution in [-0.4, -0.2) is 36.8 Å². The fraction of sp³-hybridized carbons (Fsp3) is 0.429. The number of aliphatic hydroxyl groups is 2. The lowest BCUT2D eigenvalue weighted by molar-refractivity contribution is 0.0438. The second kappa shape index (κ2) is 7.04. The smallest absolute Gasteiger partial charge is 0.261 e. The number of hydrogen-bond acceptors (Lipinski definition) is 3. The molecule has 1 fully saturated rings. The highest BCUT2D eigenvalue weighted by Crippen LogP contribution is 2.39. The van der Waals surface area contributed by atoms with Gasteiger partial charge in [0.2, 0.25) is 0 Å². The molecule has 1 aliphatic carbocycles. The van der Waals surface area contributed by atoms with E-state index in [0.717, 1.165) is 0 Å². The van der Waals surface area contributed by atoms with Gasteiger partial charge in [0.1, 0.15) is 0 Å². The molecule has 1 saturated carbocycles. The average Bonchev–Trinajstić information content (AvgIpc) is 2.91. The van der Waals surface area contributed by atoms with Crippen molar-refractivity contribution in [1.82, 2.24) is 0 Å². The number of rotatable bonds is 4. The molecule has 25 heavy (non-hydrogen) atoms. The molecule has 2 N–H and O–H groups in total. The van der Waals surface area contributed by atoms with Gasteiger partial charge in [-0.05, 0) is 15.4 Å². The number of aliphatic hydroxyl groups excluding tert-OH is 2. The first-order valence-corrected chi connectivity index (χ1v) is 10.9. The average molecular weight is 357 g/mol. The summed E-state index contributed by atoms with van der Waals surface area (Å²) in [7, 11) is -2.60. The lowest BCUT2D eigenvalue weighted by Gasteiger charge is -2.44. The minimum Gasteiger partial charge on any atom is -0.404 e. The predicted molar refractivity (Wildman–Crippen MR) is 104 cm³/mol. The molecule has 0 aromatic heterocycles. The van der Waals surface area contributed by atoms with Crippen molar-refractivity contribution in [2.45, 2.75) is 57.0 Å². The van der Waals surface area contributed by atoms with Crippen molar-refractivity contribution in [3.8, 4) is 0 Å². The number of benzene rings is 2. The molecule has 3 nitrogen and oxygen atoms in total. The fourth-order valence-electron chi connectivity index (χ4n) is 3.99. The second-order valence-electron chi connectivity index (χ2n) is 8.01. The molecule has 0 unspecified atom stereocenters. The molecule has 0 amide bonds. The van der Waals surface area contributed by atoms with E-state index >= 15 is 0 Å². The van der Waals surface area contributed by atoms with Crippen molar-refractivity contribution in [3.63, 3.8) is 0 Å². The Kier molecular flexibility index (Phi) is 5.16. The van der Waals surface area contributed by atoms with Crippen LogP contribution in [0.15, 0.2) is 60.7 Å². The van der Waals surface area contributed by atoms with E-state index in [1.807, 2.05) is 12.1 Å². The van der Waals surface area contributed by atoms with E-state index in [1.165, 1.54) is 10.4 Å². The Balaban J connectivity index is 2.12. The van der Waals surface area contributed by atoms with Crippen LogP contribution >= 0.6 is 0 Å². The van der Waals surface area contributed by atoms with Gasteiger partial charge in [-0.3, -0.25) is 0 Å². The standard InChI is InChI=1S/C21H28O3Si/c1-21(2,3)25(17-10-6-4-7-11-17,18-12-8-5-9-13-18)24-16-14-19(22)20(23)15-16/h4-13,16,19-20,22-23H,14-15H2,1-3H3/t16-,19-,20+. The first-order valence-electron chi connectivity index (χ1n) is 8.99. The van der Waals surface area contributed by atoms with Crippen molar-refractivity contribution in [2.24, 2.45) is 0 Å². The summed E-state index contributed by atoms with van der Waals surface area (Å²) in [4.78, 5) is 0. The molecular formula is C21H28O3Si. The maximum Gasteiger partial charge on any atom is 0.261 e. The van der Waals surface area contributed by atoms with Gasteiger partial charge in [0.05, 0.1) is 18.3 Å². The Labute approximate surface area is 151 Å². The van der Waals surface area contributed by atoms with Crippen molar-refractivity contribution in [1.29, 1.82) is 0 Å². The zero-order valence-electron chi connectivity index (χ0n) is 15.2. The molecule has 0 heterocycles. The summed E-state index contributed by atoms with van der Waals surface area (Å²) in [6.07, 6.45) is -0.528. The van der Waals surface area contributed by atoms with Crippen LogP contribution in [-0.2, 0) is 4.43 Å². The van der Waals surface area contributed by atoms with E-state index < -0.39 is 20.5 Å². The van der Waals surface area contributed by atoms with Crippen LogP contribution in [0.5, 0.6) is 0 Å². The summed E-state index contributed by atoms with van der Waals surface area (Å²) in [6.45, 7) is 6.71. The van der Waals surface area contributed by atoms with Crippen LogP contribution in [0.1, 0.15) is 33.6 Å². The molecule has 2 aromatic carbocycles. The van der Waals surface area contributed by atoms with Crippen molar-refractivity contribution >= 4 is 18.7 Å². The highest BCUT2D eigenvalue weighted by Gasteiger charge is 2.52. The van der Waals surface area contributed by atoms with Crippen LogP contribution in [0.3, 0.4) is 0 Å². The predicted octanol–water partition coefficient (Wildman–Crippen LogP) is 2.45. The largest absolute Gasteiger partial charge is 0.404 e. The Morgan fingerprint density at radius 2 is 1.20 bits per heavy atom. The molecule has 0 bridgehead atoms. The molecule has 0 aliphatic heterocycles. The summed E-state index contributed by atoms with van der Waals surface area (Å²) < 4.78 is 6.90. The molecule has 1 aliphatic rings. The summed E-state index contributed by atoms with van der Waals surface area (Å²) >= 11 is 0. The van der Waals surface area contributed by atoms with Gasteiger partial charge in [-0.15, -0.1) is 0 Å². The zero-order chi connectivity index (χ0) is 18.1. The molecule has 0 spiro atoms. The lowest BCUT2D eigenvalue weighted by Crippen LogP contribution is -2.67. The normalized spacial score (nSPS) is 24.4. The van der Waals surface area contributed by atoms with Gasteiger partial charge < -0.3 is 14.6 Å². The Hall–Kier alpha value is -1.46. The Bertz CT molecular complexity index is 632. The third kappa shape index (κ3) is 3.44. The molecule has 134 valence electrons. The summed E-state index contributed by atoms with van der Waals surface area (Å²) in [5, 5.41) is 22.4. The molecule has 0 saturated heterocycles. The first-order chi connectivity index (χ1) is 11.8. The minimum absolute atomic E-state index is 0.0891. The number of hydrogen-bond donors (Lipinski definition) is 2. The van der Waals surface area contributed by atoms with E-state index in [1.54, 1.807) is 0 Å². The van der Waals surface area contributed by atoms with E-state index in [9.17, 15) is 10.2 Å². The maximum atomic E-state index is 9.99. The highest BCUT2D eigenvalue weighted by molar-refractivity contribution is 6.99. The van der Waals surface area contributed by atoms with Gasteiger partial charge in [0.25, 0.3) is 8.32 Å². The van der Waals surface area contributed by atoms with E-state index in [-0.39, 0.29) is 11.1 Å². The molecular weight excluding hydrogens is 328 g/mol. The van der Waals surface area contributed by atoms with Gasteiger partial charge in [-0.2, -0.15) is 0 Å². The molecule has 3 atom stereocenters. The first kappa shape index (κ1) is 18.3. The van der Waals surface area contributed by atoms with Crippen LogP contribution < -0.4 is 10.4 Å². The van der Waals surface area contributed by atoms with Crippen LogP contribution in [0.2, 0.25) is 5.04 Å². The lowest BCUT2D eigenvalue weighted by atomic mass is 10.2. The Morgan fingerprint density at radius 1 is 0.800 bits per heavy atom. The van der Waals surface area contributed by atoms with Gasteiger partial charge in [0, 0.05) is 12.8 Å². The van der Waals surface area contributed by atoms with E-state index in [2.05, 4.69) is 69.3 Å². The van der Waals surface area contributed by atoms with Crippen LogP contribution in [0.4, 0.5) is 0 Å².